The average molecular weight is 305 g/mol. The molecule has 2 heterocycles. The van der Waals surface area contributed by atoms with Gasteiger partial charge in [-0.1, -0.05) is 17.4 Å². The van der Waals surface area contributed by atoms with E-state index >= 15 is 0 Å². The van der Waals surface area contributed by atoms with Gasteiger partial charge in [0.05, 0.1) is 17.7 Å². The van der Waals surface area contributed by atoms with Crippen molar-refractivity contribution >= 4 is 32.6 Å². The highest BCUT2D eigenvalue weighted by atomic mass is 32.1. The zero-order valence-corrected chi connectivity index (χ0v) is 13.3. The first-order chi connectivity index (χ1) is 10.1. The molecule has 0 spiro atoms. The van der Waals surface area contributed by atoms with Gasteiger partial charge in [-0.05, 0) is 25.0 Å². The fraction of sp³-hybridized carbons (Fsp3) is 0.467. The molecule has 1 fully saturated rings. The van der Waals surface area contributed by atoms with E-state index in [1.165, 1.54) is 5.56 Å². The third-order valence-corrected chi connectivity index (χ3v) is 5.24. The Morgan fingerprint density at radius 1 is 1.52 bits per heavy atom. The third kappa shape index (κ3) is 2.44. The van der Waals surface area contributed by atoms with Gasteiger partial charge in [-0.2, -0.15) is 0 Å². The molecule has 0 radical (unpaired) electrons. The maximum Gasteiger partial charge on any atom is 0.224 e. The lowest BCUT2D eigenvalue weighted by Crippen LogP contribution is -2.30. The summed E-state index contributed by atoms with van der Waals surface area (Å²) in [5.41, 5.74) is 2.12. The fourth-order valence-corrected chi connectivity index (χ4v) is 3.84. The highest BCUT2D eigenvalue weighted by Crippen LogP contribution is 2.37. The second kappa shape index (κ2) is 5.52. The summed E-state index contributed by atoms with van der Waals surface area (Å²) in [4.78, 5) is 18.7. The van der Waals surface area contributed by atoms with Crippen molar-refractivity contribution < 1.29 is 9.53 Å². The molecule has 6 heteroatoms. The molecule has 0 bridgehead atoms. The van der Waals surface area contributed by atoms with Gasteiger partial charge < -0.3 is 15.0 Å². The number of nitrogens with one attached hydrogen (secondary N) is 1. The number of ether oxygens (including phenoxy) is 1. The van der Waals surface area contributed by atoms with Crippen LogP contribution in [0.3, 0.4) is 0 Å². The number of benzene rings is 1. The number of hydrogen-bond donors (Lipinski definition) is 1. The molecule has 2 aromatic rings. The van der Waals surface area contributed by atoms with E-state index in [0.717, 1.165) is 40.6 Å². The van der Waals surface area contributed by atoms with Crippen molar-refractivity contribution in [2.24, 2.45) is 5.92 Å². The first-order valence-corrected chi connectivity index (χ1v) is 7.86. The number of carbonyl (C=O) groups is 1. The van der Waals surface area contributed by atoms with Gasteiger partial charge in [-0.25, -0.2) is 4.98 Å². The number of aryl methyl sites for hydroxylation is 1. The van der Waals surface area contributed by atoms with Crippen LogP contribution in [-0.4, -0.2) is 38.1 Å². The molecule has 21 heavy (non-hydrogen) atoms. The second-order valence-corrected chi connectivity index (χ2v) is 6.28. The van der Waals surface area contributed by atoms with Crippen molar-refractivity contribution in [1.29, 1.82) is 0 Å². The minimum absolute atomic E-state index is 0.0602. The molecular weight excluding hydrogens is 286 g/mol. The van der Waals surface area contributed by atoms with Gasteiger partial charge in [-0.3, -0.25) is 4.79 Å². The summed E-state index contributed by atoms with van der Waals surface area (Å²) in [6.45, 7) is 3.70. The van der Waals surface area contributed by atoms with Crippen LogP contribution in [0, 0.1) is 12.8 Å². The molecule has 1 aromatic carbocycles. The van der Waals surface area contributed by atoms with Crippen LogP contribution in [0.25, 0.3) is 10.2 Å². The molecule has 1 unspecified atom stereocenters. The molecule has 1 amide bonds. The smallest absolute Gasteiger partial charge is 0.224 e. The number of carbonyl (C=O) groups excluding carboxylic acids is 1. The van der Waals surface area contributed by atoms with E-state index in [1.807, 2.05) is 6.07 Å². The van der Waals surface area contributed by atoms with E-state index in [1.54, 1.807) is 25.5 Å². The normalized spacial score (nSPS) is 18.2. The van der Waals surface area contributed by atoms with Crippen LogP contribution in [0.2, 0.25) is 0 Å². The Balaban J connectivity index is 1.92. The Labute approximate surface area is 127 Å². The average Bonchev–Trinajstić information content (AvgIpc) is 3.13. The highest BCUT2D eigenvalue weighted by Gasteiger charge is 2.29. The molecular formula is C15H19N3O2S. The molecule has 1 saturated heterocycles. The zero-order chi connectivity index (χ0) is 15.0. The van der Waals surface area contributed by atoms with Crippen molar-refractivity contribution in [2.75, 3.05) is 32.1 Å². The lowest BCUT2D eigenvalue weighted by atomic mass is 10.1. The zero-order valence-electron chi connectivity index (χ0n) is 12.5. The van der Waals surface area contributed by atoms with Crippen LogP contribution in [-0.2, 0) is 4.79 Å². The topological polar surface area (TPSA) is 54.5 Å². The van der Waals surface area contributed by atoms with Crippen molar-refractivity contribution in [2.45, 2.75) is 13.3 Å². The minimum atomic E-state index is 0.0602. The van der Waals surface area contributed by atoms with E-state index in [-0.39, 0.29) is 11.8 Å². The maximum atomic E-state index is 11.7. The number of hydrogen-bond acceptors (Lipinski definition) is 5. The highest BCUT2D eigenvalue weighted by molar-refractivity contribution is 7.22. The van der Waals surface area contributed by atoms with E-state index in [4.69, 9.17) is 9.72 Å². The molecule has 5 nitrogen and oxygen atoms in total. The Bertz CT molecular complexity index is 683. The van der Waals surface area contributed by atoms with Crippen LogP contribution in [0.1, 0.15) is 12.0 Å². The van der Waals surface area contributed by atoms with Gasteiger partial charge in [0.2, 0.25) is 5.91 Å². The Kier molecular flexibility index (Phi) is 3.71. The molecule has 3 rings (SSSR count). The van der Waals surface area contributed by atoms with E-state index in [2.05, 4.69) is 23.2 Å². The van der Waals surface area contributed by atoms with Gasteiger partial charge in [0.1, 0.15) is 11.3 Å². The summed E-state index contributed by atoms with van der Waals surface area (Å²) >= 11 is 1.68. The number of rotatable bonds is 3. The summed E-state index contributed by atoms with van der Waals surface area (Å²) < 4.78 is 6.56. The van der Waals surface area contributed by atoms with Gasteiger partial charge in [0, 0.05) is 20.1 Å². The van der Waals surface area contributed by atoms with Gasteiger partial charge in [-0.15, -0.1) is 0 Å². The fourth-order valence-electron chi connectivity index (χ4n) is 2.75. The predicted octanol–water partition coefficient (Wildman–Crippen LogP) is 2.19. The predicted molar refractivity (Wildman–Crippen MR) is 85.3 cm³/mol. The molecule has 1 aliphatic rings. The SMILES string of the molecule is CNC(=O)C1CCN(c2nc3c(OC)ccc(C)c3s2)C1. The number of anilines is 1. The van der Waals surface area contributed by atoms with Crippen LogP contribution in [0.15, 0.2) is 12.1 Å². The first kappa shape index (κ1) is 14.1. The summed E-state index contributed by atoms with van der Waals surface area (Å²) in [6.07, 6.45) is 0.881. The van der Waals surface area contributed by atoms with Crippen LogP contribution in [0.5, 0.6) is 5.75 Å². The Hall–Kier alpha value is -1.82. The van der Waals surface area contributed by atoms with Crippen molar-refractivity contribution in [3.8, 4) is 5.75 Å². The maximum absolute atomic E-state index is 11.7. The standard InChI is InChI=1S/C15H19N3O2S/c1-9-4-5-11(20-3)12-13(9)21-15(17-12)18-7-6-10(8-18)14(19)16-2/h4-5,10H,6-8H2,1-3H3,(H,16,19). The number of aromatic nitrogens is 1. The van der Waals surface area contributed by atoms with Crippen molar-refractivity contribution in [3.63, 3.8) is 0 Å². The quantitative estimate of drug-likeness (QED) is 0.944. The molecule has 0 saturated carbocycles. The lowest BCUT2D eigenvalue weighted by molar-refractivity contribution is -0.123. The summed E-state index contributed by atoms with van der Waals surface area (Å²) in [5.74, 6) is 0.984. The monoisotopic (exact) mass is 305 g/mol. The third-order valence-electron chi connectivity index (χ3n) is 3.99. The number of amides is 1. The number of nitrogens with zero attached hydrogens (tertiary/aromatic N) is 2. The second-order valence-electron chi connectivity index (χ2n) is 5.30. The summed E-state index contributed by atoms with van der Waals surface area (Å²) in [5, 5.41) is 3.71. The number of thiazole rings is 1. The van der Waals surface area contributed by atoms with Crippen LogP contribution < -0.4 is 15.0 Å². The van der Waals surface area contributed by atoms with Crippen molar-refractivity contribution in [3.05, 3.63) is 17.7 Å². The van der Waals surface area contributed by atoms with E-state index in [0.29, 0.717) is 0 Å². The molecule has 1 aliphatic heterocycles. The molecule has 112 valence electrons. The molecule has 1 atom stereocenters. The van der Waals surface area contributed by atoms with E-state index in [9.17, 15) is 4.79 Å². The number of methoxy groups -OCH3 is 1. The minimum Gasteiger partial charge on any atom is -0.494 e. The van der Waals surface area contributed by atoms with Gasteiger partial charge in [0.25, 0.3) is 0 Å². The van der Waals surface area contributed by atoms with Crippen LogP contribution in [0.4, 0.5) is 5.13 Å². The van der Waals surface area contributed by atoms with Crippen molar-refractivity contribution in [1.82, 2.24) is 10.3 Å². The first-order valence-electron chi connectivity index (χ1n) is 7.04. The summed E-state index contributed by atoms with van der Waals surface area (Å²) in [7, 11) is 3.36. The van der Waals surface area contributed by atoms with Gasteiger partial charge in [0.15, 0.2) is 5.13 Å². The summed E-state index contributed by atoms with van der Waals surface area (Å²) in [6, 6.07) is 4.01. The molecule has 1 aromatic heterocycles. The largest absolute Gasteiger partial charge is 0.494 e. The van der Waals surface area contributed by atoms with Crippen LogP contribution >= 0.6 is 11.3 Å². The lowest BCUT2D eigenvalue weighted by Gasteiger charge is -2.14. The number of fused-ring (bicyclic) bond motifs is 1. The molecule has 0 aliphatic carbocycles. The Morgan fingerprint density at radius 3 is 3.05 bits per heavy atom. The van der Waals surface area contributed by atoms with E-state index < -0.39 is 0 Å². The Morgan fingerprint density at radius 2 is 2.33 bits per heavy atom. The van der Waals surface area contributed by atoms with Gasteiger partial charge >= 0.3 is 0 Å². The molecule has 1 N–H and O–H groups in total.